The summed E-state index contributed by atoms with van der Waals surface area (Å²) < 4.78 is 57.3. The van der Waals surface area contributed by atoms with E-state index in [2.05, 4.69) is 4.98 Å². The Hall–Kier alpha value is -2.85. The Labute approximate surface area is 189 Å². The summed E-state index contributed by atoms with van der Waals surface area (Å²) in [5, 5.41) is 0.887. The number of aromatic nitrogens is 1. The van der Waals surface area contributed by atoms with E-state index in [0.717, 1.165) is 0 Å². The topological polar surface area (TPSA) is 76.6 Å². The number of nitrogens with zero attached hydrogens (tertiary/aromatic N) is 2. The number of carbonyl (C=O) groups excluding carboxylic acids is 1. The summed E-state index contributed by atoms with van der Waals surface area (Å²) in [5.74, 6) is -1.29. The fraction of sp³-hybridized carbons (Fsp3) is 0.273. The number of amides is 1. The van der Waals surface area contributed by atoms with Crippen LogP contribution in [0.5, 0.6) is 5.75 Å². The fourth-order valence-corrected chi connectivity index (χ4v) is 5.05. The minimum Gasteiger partial charge on any atom is -0.486 e. The molecule has 3 rings (SSSR count). The lowest BCUT2D eigenvalue weighted by Crippen LogP contribution is -2.39. The minimum atomic E-state index is -3.82. The lowest BCUT2D eigenvalue weighted by Gasteiger charge is -2.21. The van der Waals surface area contributed by atoms with Gasteiger partial charge in [-0.2, -0.15) is 0 Å². The van der Waals surface area contributed by atoms with Gasteiger partial charge in [0.15, 0.2) is 9.84 Å². The predicted molar refractivity (Wildman–Crippen MR) is 118 cm³/mol. The quantitative estimate of drug-likeness (QED) is 0.463. The van der Waals surface area contributed by atoms with E-state index in [1.807, 2.05) is 0 Å². The molecule has 0 fully saturated rings. The maximum atomic E-state index is 13.3. The number of halogens is 2. The van der Waals surface area contributed by atoms with Crippen molar-refractivity contribution in [2.24, 2.45) is 0 Å². The molecule has 32 heavy (non-hydrogen) atoms. The molecule has 3 aromatic rings. The standard InChI is InChI=1S/C22H22F2N2O4S2/c1-15(22(27)26(2)11-16-4-3-5-18(24)10-16)32(28,29)14-19-13-31-21(25-19)12-30-20-8-6-17(23)7-9-20/h3-10,13,15H,11-12,14H2,1-2H3. The number of thiazole rings is 1. The van der Waals surface area contributed by atoms with Crippen LogP contribution in [0.1, 0.15) is 23.2 Å². The molecule has 0 saturated heterocycles. The number of carbonyl (C=O) groups is 1. The molecule has 1 atom stereocenters. The average molecular weight is 481 g/mol. The van der Waals surface area contributed by atoms with Gasteiger partial charge in [0.05, 0.1) is 11.4 Å². The molecule has 0 aliphatic rings. The van der Waals surface area contributed by atoms with Gasteiger partial charge in [-0.3, -0.25) is 4.79 Å². The molecule has 1 heterocycles. The average Bonchev–Trinajstić information content (AvgIpc) is 3.18. The van der Waals surface area contributed by atoms with E-state index in [1.165, 1.54) is 72.7 Å². The zero-order valence-electron chi connectivity index (χ0n) is 17.5. The third-order valence-corrected chi connectivity index (χ3v) is 7.54. The Kier molecular flexibility index (Phi) is 7.57. The van der Waals surface area contributed by atoms with Crippen molar-refractivity contribution in [3.8, 4) is 5.75 Å². The summed E-state index contributed by atoms with van der Waals surface area (Å²) in [6, 6.07) is 11.3. The van der Waals surface area contributed by atoms with Crippen molar-refractivity contribution in [1.29, 1.82) is 0 Å². The fourth-order valence-electron chi connectivity index (χ4n) is 2.94. The molecule has 0 N–H and O–H groups in total. The summed E-state index contributed by atoms with van der Waals surface area (Å²) in [7, 11) is -2.34. The lowest BCUT2D eigenvalue weighted by atomic mass is 10.2. The van der Waals surface area contributed by atoms with Crippen LogP contribution in [0.4, 0.5) is 8.78 Å². The molecule has 0 saturated carbocycles. The van der Waals surface area contributed by atoms with Crippen LogP contribution in [0.2, 0.25) is 0 Å². The van der Waals surface area contributed by atoms with Crippen molar-refractivity contribution in [3.63, 3.8) is 0 Å². The first kappa shape index (κ1) is 23.8. The number of hydrogen-bond donors (Lipinski definition) is 0. The first-order chi connectivity index (χ1) is 15.1. The Bertz CT molecular complexity index is 1180. The molecule has 10 heteroatoms. The summed E-state index contributed by atoms with van der Waals surface area (Å²) >= 11 is 1.24. The molecule has 1 unspecified atom stereocenters. The Morgan fingerprint density at radius 2 is 1.88 bits per heavy atom. The van der Waals surface area contributed by atoms with Crippen molar-refractivity contribution in [2.75, 3.05) is 7.05 Å². The highest BCUT2D eigenvalue weighted by molar-refractivity contribution is 7.92. The van der Waals surface area contributed by atoms with Crippen molar-refractivity contribution in [3.05, 3.63) is 81.8 Å². The van der Waals surface area contributed by atoms with Crippen molar-refractivity contribution >= 4 is 27.1 Å². The molecule has 170 valence electrons. The molecule has 0 radical (unpaired) electrons. The molecule has 1 aromatic heterocycles. The minimum absolute atomic E-state index is 0.0953. The molecule has 0 aliphatic heterocycles. The van der Waals surface area contributed by atoms with Crippen LogP contribution in [0.25, 0.3) is 0 Å². The lowest BCUT2D eigenvalue weighted by molar-refractivity contribution is -0.129. The highest BCUT2D eigenvalue weighted by Gasteiger charge is 2.31. The van der Waals surface area contributed by atoms with Crippen LogP contribution in [-0.2, 0) is 33.5 Å². The van der Waals surface area contributed by atoms with Crippen molar-refractivity contribution < 1.29 is 26.7 Å². The van der Waals surface area contributed by atoms with Gasteiger partial charge >= 0.3 is 0 Å². The predicted octanol–water partition coefficient (Wildman–Crippen LogP) is 3.96. The highest BCUT2D eigenvalue weighted by Crippen LogP contribution is 2.19. The van der Waals surface area contributed by atoms with E-state index < -0.39 is 26.8 Å². The first-order valence-electron chi connectivity index (χ1n) is 9.66. The summed E-state index contributed by atoms with van der Waals surface area (Å²) in [6.07, 6.45) is 0. The van der Waals surface area contributed by atoms with Crippen LogP contribution >= 0.6 is 11.3 Å². The molecule has 1 amide bonds. The van der Waals surface area contributed by atoms with Gasteiger partial charge in [-0.15, -0.1) is 11.3 Å². The third kappa shape index (κ3) is 6.33. The van der Waals surface area contributed by atoms with Gasteiger partial charge in [-0.25, -0.2) is 22.2 Å². The first-order valence-corrected chi connectivity index (χ1v) is 12.3. The van der Waals surface area contributed by atoms with Crippen LogP contribution < -0.4 is 4.74 Å². The van der Waals surface area contributed by atoms with E-state index >= 15 is 0 Å². The van der Waals surface area contributed by atoms with Gasteiger partial charge < -0.3 is 9.64 Å². The number of benzene rings is 2. The van der Waals surface area contributed by atoms with E-state index in [-0.39, 0.29) is 24.7 Å². The number of sulfone groups is 1. The Balaban J connectivity index is 1.58. The number of hydrogen-bond acceptors (Lipinski definition) is 6. The Morgan fingerprint density at radius 3 is 2.56 bits per heavy atom. The van der Waals surface area contributed by atoms with Gasteiger partial charge in [0, 0.05) is 19.0 Å². The molecule has 0 spiro atoms. The summed E-state index contributed by atoms with van der Waals surface area (Å²) in [4.78, 5) is 18.2. The van der Waals surface area contributed by atoms with Gasteiger partial charge in [0.2, 0.25) is 5.91 Å². The van der Waals surface area contributed by atoms with E-state index in [1.54, 1.807) is 11.4 Å². The van der Waals surface area contributed by atoms with Crippen molar-refractivity contribution in [2.45, 2.75) is 31.1 Å². The largest absolute Gasteiger partial charge is 0.486 e. The maximum absolute atomic E-state index is 13.3. The number of rotatable bonds is 9. The monoisotopic (exact) mass is 480 g/mol. The van der Waals surface area contributed by atoms with Gasteiger partial charge in [-0.05, 0) is 48.9 Å². The Morgan fingerprint density at radius 1 is 1.16 bits per heavy atom. The van der Waals surface area contributed by atoms with Crippen molar-refractivity contribution in [1.82, 2.24) is 9.88 Å². The molecule has 6 nitrogen and oxygen atoms in total. The molecular weight excluding hydrogens is 458 g/mol. The van der Waals surface area contributed by atoms with Crippen LogP contribution in [0, 0.1) is 11.6 Å². The zero-order chi connectivity index (χ0) is 23.3. The second-order valence-corrected chi connectivity index (χ2v) is 10.5. The summed E-state index contributed by atoms with van der Waals surface area (Å²) in [6.45, 7) is 1.55. The summed E-state index contributed by atoms with van der Waals surface area (Å²) in [5.41, 5.74) is 0.885. The highest BCUT2D eigenvalue weighted by atomic mass is 32.2. The number of ether oxygens (including phenoxy) is 1. The molecule has 2 aromatic carbocycles. The van der Waals surface area contributed by atoms with Crippen LogP contribution in [-0.4, -0.2) is 36.5 Å². The molecule has 0 bridgehead atoms. The molecular formula is C22H22F2N2O4S2. The van der Waals surface area contributed by atoms with Crippen LogP contribution in [0.3, 0.4) is 0 Å². The van der Waals surface area contributed by atoms with E-state index in [9.17, 15) is 22.0 Å². The SMILES string of the molecule is CC(C(=O)N(C)Cc1cccc(F)c1)S(=O)(=O)Cc1csc(COc2ccc(F)cc2)n1. The van der Waals surface area contributed by atoms with Crippen LogP contribution in [0.15, 0.2) is 53.9 Å². The molecule has 0 aliphatic carbocycles. The zero-order valence-corrected chi connectivity index (χ0v) is 19.1. The van der Waals surface area contributed by atoms with Gasteiger partial charge in [-0.1, -0.05) is 12.1 Å². The second kappa shape index (κ2) is 10.2. The van der Waals surface area contributed by atoms with Gasteiger partial charge in [0.25, 0.3) is 0 Å². The maximum Gasteiger partial charge on any atom is 0.240 e. The van der Waals surface area contributed by atoms with Gasteiger partial charge in [0.1, 0.15) is 34.2 Å². The normalized spacial score (nSPS) is 12.4. The van der Waals surface area contributed by atoms with E-state index in [0.29, 0.717) is 22.0 Å². The third-order valence-electron chi connectivity index (χ3n) is 4.70. The second-order valence-electron chi connectivity index (χ2n) is 7.25. The smallest absolute Gasteiger partial charge is 0.240 e. The van der Waals surface area contributed by atoms with E-state index in [4.69, 9.17) is 4.74 Å².